The van der Waals surface area contributed by atoms with Crippen LogP contribution in [0.2, 0.25) is 0 Å². The first-order valence-electron chi connectivity index (χ1n) is 5.76. The maximum atomic E-state index is 11.6. The van der Waals surface area contributed by atoms with Crippen LogP contribution >= 0.6 is 0 Å². The molecule has 17 heavy (non-hydrogen) atoms. The van der Waals surface area contributed by atoms with Crippen LogP contribution < -0.4 is 11.1 Å². The highest BCUT2D eigenvalue weighted by Crippen LogP contribution is 2.21. The Balaban J connectivity index is 1.96. The predicted molar refractivity (Wildman–Crippen MR) is 66.9 cm³/mol. The first-order chi connectivity index (χ1) is 8.06. The Morgan fingerprint density at radius 2 is 2.18 bits per heavy atom. The smallest absolute Gasteiger partial charge is 0.254 e. The van der Waals surface area contributed by atoms with Gasteiger partial charge in [0.05, 0.1) is 5.56 Å². The van der Waals surface area contributed by atoms with Gasteiger partial charge in [0.1, 0.15) is 5.82 Å². The van der Waals surface area contributed by atoms with Gasteiger partial charge in [0, 0.05) is 32.4 Å². The number of hydrogen-bond donors (Lipinski definition) is 2. The Morgan fingerprint density at radius 1 is 1.47 bits per heavy atom. The van der Waals surface area contributed by atoms with E-state index in [0.717, 1.165) is 18.7 Å². The lowest BCUT2D eigenvalue weighted by Crippen LogP contribution is -2.44. The molecular weight excluding hydrogens is 216 g/mol. The van der Waals surface area contributed by atoms with Crippen LogP contribution in [0.5, 0.6) is 0 Å². The fourth-order valence-electron chi connectivity index (χ4n) is 1.85. The Bertz CT molecular complexity index is 395. The van der Waals surface area contributed by atoms with Crippen molar-refractivity contribution < 1.29 is 4.79 Å². The van der Waals surface area contributed by atoms with E-state index in [-0.39, 0.29) is 5.91 Å². The van der Waals surface area contributed by atoms with Gasteiger partial charge in [0.2, 0.25) is 0 Å². The molecule has 0 radical (unpaired) electrons. The van der Waals surface area contributed by atoms with Crippen molar-refractivity contribution in [2.45, 2.75) is 24.9 Å². The number of carbonyl (C=O) groups excluding carboxylic acids is 1. The highest BCUT2D eigenvalue weighted by Gasteiger charge is 2.25. The molecule has 1 aromatic heterocycles. The van der Waals surface area contributed by atoms with Crippen LogP contribution in [0.1, 0.15) is 23.2 Å². The average molecular weight is 234 g/mol. The van der Waals surface area contributed by atoms with E-state index in [1.165, 1.54) is 4.90 Å². The maximum absolute atomic E-state index is 11.6. The van der Waals surface area contributed by atoms with Crippen LogP contribution in [-0.2, 0) is 0 Å². The summed E-state index contributed by atoms with van der Waals surface area (Å²) in [5.74, 6) is 0.770. The third-order valence-corrected chi connectivity index (χ3v) is 2.94. The fourth-order valence-corrected chi connectivity index (χ4v) is 1.85. The van der Waals surface area contributed by atoms with Crippen LogP contribution in [0.4, 0.5) is 5.82 Å². The van der Waals surface area contributed by atoms with Crippen molar-refractivity contribution in [2.24, 2.45) is 5.73 Å². The molecule has 1 aliphatic carbocycles. The van der Waals surface area contributed by atoms with Gasteiger partial charge >= 0.3 is 0 Å². The summed E-state index contributed by atoms with van der Waals surface area (Å²) in [5, 5.41) is 3.29. The predicted octanol–water partition coefficient (Wildman–Crippen LogP) is 0.685. The van der Waals surface area contributed by atoms with Crippen LogP contribution in [0.25, 0.3) is 0 Å². The second-order valence-electron chi connectivity index (χ2n) is 4.70. The molecule has 0 bridgehead atoms. The van der Waals surface area contributed by atoms with Gasteiger partial charge in [-0.1, -0.05) is 0 Å². The highest BCUT2D eigenvalue weighted by molar-refractivity contribution is 5.93. The second kappa shape index (κ2) is 4.71. The van der Waals surface area contributed by atoms with Gasteiger partial charge in [-0.2, -0.15) is 0 Å². The van der Waals surface area contributed by atoms with E-state index in [9.17, 15) is 4.79 Å². The first kappa shape index (κ1) is 11.9. The normalized spacial score (nSPS) is 22.8. The zero-order chi connectivity index (χ0) is 12.4. The lowest BCUT2D eigenvalue weighted by atomic mass is 9.88. The summed E-state index contributed by atoms with van der Waals surface area (Å²) >= 11 is 0. The van der Waals surface area contributed by atoms with Crippen LogP contribution in [0, 0.1) is 0 Å². The Morgan fingerprint density at radius 3 is 2.65 bits per heavy atom. The monoisotopic (exact) mass is 234 g/mol. The highest BCUT2D eigenvalue weighted by atomic mass is 16.2. The molecule has 1 saturated carbocycles. The number of carbonyl (C=O) groups is 1. The Hall–Kier alpha value is -1.62. The summed E-state index contributed by atoms with van der Waals surface area (Å²) in [6.07, 6.45) is 3.57. The number of aromatic nitrogens is 1. The average Bonchev–Trinajstić information content (AvgIpc) is 2.27. The number of amides is 1. The molecule has 0 atom stereocenters. The molecule has 0 aliphatic heterocycles. The van der Waals surface area contributed by atoms with Crippen molar-refractivity contribution in [3.8, 4) is 0 Å². The molecule has 1 fully saturated rings. The minimum atomic E-state index is -0.0327. The molecule has 1 amide bonds. The van der Waals surface area contributed by atoms with Crippen LogP contribution in [0.15, 0.2) is 18.3 Å². The van der Waals surface area contributed by atoms with Crippen LogP contribution in [-0.4, -0.2) is 42.0 Å². The lowest BCUT2D eigenvalue weighted by Gasteiger charge is -2.33. The zero-order valence-electron chi connectivity index (χ0n) is 10.2. The van der Waals surface area contributed by atoms with Crippen molar-refractivity contribution in [1.82, 2.24) is 9.88 Å². The van der Waals surface area contributed by atoms with Gasteiger partial charge in [-0.3, -0.25) is 4.79 Å². The van der Waals surface area contributed by atoms with Crippen molar-refractivity contribution in [1.29, 1.82) is 0 Å². The largest absolute Gasteiger partial charge is 0.367 e. The fraction of sp³-hybridized carbons (Fsp3) is 0.500. The number of pyridine rings is 1. The summed E-state index contributed by atoms with van der Waals surface area (Å²) in [6.45, 7) is 0. The number of hydrogen-bond acceptors (Lipinski definition) is 4. The topological polar surface area (TPSA) is 71.2 Å². The maximum Gasteiger partial charge on any atom is 0.254 e. The van der Waals surface area contributed by atoms with E-state index < -0.39 is 0 Å². The van der Waals surface area contributed by atoms with Crippen molar-refractivity contribution in [3.63, 3.8) is 0 Å². The number of rotatable bonds is 3. The molecule has 2 rings (SSSR count). The number of nitrogens with zero attached hydrogens (tertiary/aromatic N) is 2. The minimum absolute atomic E-state index is 0.0327. The van der Waals surface area contributed by atoms with Crippen molar-refractivity contribution >= 4 is 11.7 Å². The third kappa shape index (κ3) is 2.74. The van der Waals surface area contributed by atoms with Crippen molar-refractivity contribution in [2.75, 3.05) is 19.4 Å². The molecule has 3 N–H and O–H groups in total. The summed E-state index contributed by atoms with van der Waals surface area (Å²) in [7, 11) is 3.45. The van der Waals surface area contributed by atoms with Gasteiger partial charge in [-0.25, -0.2) is 4.98 Å². The summed E-state index contributed by atoms with van der Waals surface area (Å²) in [5.41, 5.74) is 6.31. The molecule has 0 spiro atoms. The molecule has 5 heteroatoms. The zero-order valence-corrected chi connectivity index (χ0v) is 10.2. The molecule has 1 aliphatic rings. The number of nitrogens with one attached hydrogen (secondary N) is 1. The Labute approximate surface area is 101 Å². The minimum Gasteiger partial charge on any atom is -0.367 e. The molecule has 5 nitrogen and oxygen atoms in total. The molecule has 0 saturated heterocycles. The SMILES string of the molecule is CN(C)C(=O)c1ccc(NC2CC(N)C2)nc1. The van der Waals surface area contributed by atoms with Gasteiger partial charge in [-0.15, -0.1) is 0 Å². The Kier molecular flexibility index (Phi) is 3.28. The van der Waals surface area contributed by atoms with Gasteiger partial charge in [-0.05, 0) is 25.0 Å². The van der Waals surface area contributed by atoms with E-state index in [1.54, 1.807) is 26.4 Å². The summed E-state index contributed by atoms with van der Waals surface area (Å²) in [6, 6.07) is 4.37. The molecule has 0 unspecified atom stereocenters. The molecule has 0 aromatic carbocycles. The van der Waals surface area contributed by atoms with Gasteiger partial charge in [0.25, 0.3) is 5.91 Å². The molecule has 1 aromatic rings. The molecule has 1 heterocycles. The third-order valence-electron chi connectivity index (χ3n) is 2.94. The van der Waals surface area contributed by atoms with E-state index in [2.05, 4.69) is 10.3 Å². The van der Waals surface area contributed by atoms with Gasteiger partial charge in [0.15, 0.2) is 0 Å². The molecule has 92 valence electrons. The van der Waals surface area contributed by atoms with E-state index in [4.69, 9.17) is 5.73 Å². The first-order valence-corrected chi connectivity index (χ1v) is 5.76. The van der Waals surface area contributed by atoms with E-state index in [1.807, 2.05) is 6.07 Å². The second-order valence-corrected chi connectivity index (χ2v) is 4.70. The number of nitrogens with two attached hydrogens (primary N) is 1. The van der Waals surface area contributed by atoms with E-state index >= 15 is 0 Å². The summed E-state index contributed by atoms with van der Waals surface area (Å²) < 4.78 is 0. The molecular formula is C12H18N4O. The van der Waals surface area contributed by atoms with E-state index in [0.29, 0.717) is 17.6 Å². The summed E-state index contributed by atoms with van der Waals surface area (Å²) in [4.78, 5) is 17.4. The standard InChI is InChI=1S/C12H18N4O/c1-16(2)12(17)8-3-4-11(14-7-8)15-10-5-9(13)6-10/h3-4,7,9-10H,5-6,13H2,1-2H3,(H,14,15). The quantitative estimate of drug-likeness (QED) is 0.807. The van der Waals surface area contributed by atoms with Crippen LogP contribution in [0.3, 0.4) is 0 Å². The lowest BCUT2D eigenvalue weighted by molar-refractivity contribution is 0.0827. The van der Waals surface area contributed by atoms with Gasteiger partial charge < -0.3 is 16.0 Å². The number of anilines is 1. The van der Waals surface area contributed by atoms with Crippen molar-refractivity contribution in [3.05, 3.63) is 23.9 Å².